The topological polar surface area (TPSA) is 57.2 Å². The maximum absolute atomic E-state index is 12.6. The Morgan fingerprint density at radius 3 is 2.73 bits per heavy atom. The molecule has 1 fully saturated rings. The quantitative estimate of drug-likeness (QED) is 0.740. The summed E-state index contributed by atoms with van der Waals surface area (Å²) in [5.74, 6) is 1.53. The maximum Gasteiger partial charge on any atom is 0.410 e. The van der Waals surface area contributed by atoms with Crippen LogP contribution in [0.4, 0.5) is 4.79 Å². The zero-order valence-electron chi connectivity index (χ0n) is 16.3. The third-order valence-electron chi connectivity index (χ3n) is 4.65. The van der Waals surface area contributed by atoms with Gasteiger partial charge in [0.05, 0.1) is 12.6 Å². The van der Waals surface area contributed by atoms with Crippen molar-refractivity contribution < 1.29 is 23.7 Å². The highest BCUT2D eigenvalue weighted by atomic mass is 16.7. The van der Waals surface area contributed by atoms with E-state index < -0.39 is 5.60 Å². The molecule has 0 bridgehead atoms. The Kier molecular flexibility index (Phi) is 5.32. The molecule has 0 spiro atoms. The van der Waals surface area contributed by atoms with Gasteiger partial charge in [-0.15, -0.1) is 0 Å². The van der Waals surface area contributed by atoms with Crippen LogP contribution in [0.15, 0.2) is 12.1 Å². The number of nitrogens with zero attached hydrogens (tertiary/aromatic N) is 1. The second-order valence-electron chi connectivity index (χ2n) is 7.49. The highest BCUT2D eigenvalue weighted by Gasteiger charge is 2.43. The van der Waals surface area contributed by atoms with Gasteiger partial charge in [-0.05, 0) is 45.2 Å². The molecule has 0 radical (unpaired) electrons. The minimum absolute atomic E-state index is 0.0307. The Morgan fingerprint density at radius 1 is 1.23 bits per heavy atom. The molecule has 0 N–H and O–H groups in total. The summed E-state index contributed by atoms with van der Waals surface area (Å²) in [7, 11) is 0. The normalized spacial score (nSPS) is 23.3. The predicted molar refractivity (Wildman–Crippen MR) is 97.4 cm³/mol. The molecule has 6 nitrogen and oxygen atoms in total. The zero-order chi connectivity index (χ0) is 18.9. The number of hydrogen-bond acceptors (Lipinski definition) is 5. The van der Waals surface area contributed by atoms with E-state index in [9.17, 15) is 4.79 Å². The van der Waals surface area contributed by atoms with E-state index in [1.807, 2.05) is 46.8 Å². The monoisotopic (exact) mass is 363 g/mol. The lowest BCUT2D eigenvalue weighted by Gasteiger charge is -2.31. The summed E-state index contributed by atoms with van der Waals surface area (Å²) in [6.45, 7) is 11.1. The number of rotatable bonds is 1. The summed E-state index contributed by atoms with van der Waals surface area (Å²) in [6.07, 6.45) is 1.39. The van der Waals surface area contributed by atoms with Gasteiger partial charge < -0.3 is 23.8 Å². The fourth-order valence-electron chi connectivity index (χ4n) is 3.69. The lowest BCUT2D eigenvalue weighted by molar-refractivity contribution is -0.0156. The van der Waals surface area contributed by atoms with Gasteiger partial charge in [0.2, 0.25) is 6.79 Å². The number of amides is 1. The standard InChI is InChI=1S/C18H23NO5.C2H6/c1-18(2,3)24-17(20)19-8-4-5-12(19)15-14-11(9-21-15)6-7-13-16(14)23-10-22-13;1-2/h6-7,12,15H,4-5,8-10H2,1-3H3;1-2H3. The van der Waals surface area contributed by atoms with Gasteiger partial charge in [-0.2, -0.15) is 0 Å². The SMILES string of the molecule is CC.CC(C)(C)OC(=O)N1CCCC1C1OCc2ccc3c(c21)OCO3. The second-order valence-corrected chi connectivity index (χ2v) is 7.49. The van der Waals surface area contributed by atoms with Crippen LogP contribution in [-0.2, 0) is 16.1 Å². The molecular weight excluding hydrogens is 334 g/mol. The highest BCUT2D eigenvalue weighted by Crippen LogP contribution is 2.48. The molecule has 144 valence electrons. The van der Waals surface area contributed by atoms with Gasteiger partial charge >= 0.3 is 6.09 Å². The smallest absolute Gasteiger partial charge is 0.410 e. The number of likely N-dealkylation sites (tertiary alicyclic amines) is 1. The molecule has 3 aliphatic heterocycles. The van der Waals surface area contributed by atoms with Crippen LogP contribution < -0.4 is 9.47 Å². The summed E-state index contributed by atoms with van der Waals surface area (Å²) in [6, 6.07) is 3.92. The molecule has 1 aromatic rings. The number of benzene rings is 1. The van der Waals surface area contributed by atoms with E-state index in [1.165, 1.54) is 0 Å². The molecule has 3 aliphatic rings. The fourth-order valence-corrected chi connectivity index (χ4v) is 3.69. The average molecular weight is 363 g/mol. The van der Waals surface area contributed by atoms with Crippen LogP contribution in [0.5, 0.6) is 11.5 Å². The molecule has 4 rings (SSSR count). The van der Waals surface area contributed by atoms with E-state index in [0.29, 0.717) is 13.2 Å². The summed E-state index contributed by atoms with van der Waals surface area (Å²) in [5.41, 5.74) is 1.64. The van der Waals surface area contributed by atoms with Gasteiger partial charge in [-0.3, -0.25) is 0 Å². The Morgan fingerprint density at radius 2 is 2.00 bits per heavy atom. The predicted octanol–water partition coefficient (Wildman–Crippen LogP) is 4.41. The fraction of sp³-hybridized carbons (Fsp3) is 0.650. The number of hydrogen-bond donors (Lipinski definition) is 0. The summed E-state index contributed by atoms with van der Waals surface area (Å²) in [5, 5.41) is 0. The van der Waals surface area contributed by atoms with Crippen molar-refractivity contribution in [1.29, 1.82) is 0 Å². The number of fused-ring (bicyclic) bond motifs is 3. The van der Waals surface area contributed by atoms with Crippen LogP contribution in [0, 0.1) is 0 Å². The van der Waals surface area contributed by atoms with E-state index >= 15 is 0 Å². The molecule has 0 saturated carbocycles. The maximum atomic E-state index is 12.6. The van der Waals surface area contributed by atoms with Crippen LogP contribution in [0.25, 0.3) is 0 Å². The molecule has 2 atom stereocenters. The van der Waals surface area contributed by atoms with E-state index in [1.54, 1.807) is 4.90 Å². The number of carbonyl (C=O) groups is 1. The van der Waals surface area contributed by atoms with Gasteiger partial charge in [0.15, 0.2) is 11.5 Å². The van der Waals surface area contributed by atoms with Crippen molar-refractivity contribution in [1.82, 2.24) is 4.90 Å². The van der Waals surface area contributed by atoms with Crippen LogP contribution in [0.2, 0.25) is 0 Å². The molecule has 0 aromatic heterocycles. The first-order valence-electron chi connectivity index (χ1n) is 9.46. The molecule has 0 aliphatic carbocycles. The van der Waals surface area contributed by atoms with Gasteiger partial charge in [0.1, 0.15) is 11.7 Å². The molecule has 2 unspecified atom stereocenters. The average Bonchev–Trinajstić information content (AvgIpc) is 3.32. The van der Waals surface area contributed by atoms with Gasteiger partial charge in [0, 0.05) is 12.1 Å². The van der Waals surface area contributed by atoms with Gasteiger partial charge in [-0.1, -0.05) is 19.9 Å². The van der Waals surface area contributed by atoms with Crippen molar-refractivity contribution in [2.45, 2.75) is 71.8 Å². The van der Waals surface area contributed by atoms with E-state index in [2.05, 4.69) is 0 Å². The van der Waals surface area contributed by atoms with Crippen LogP contribution in [0.3, 0.4) is 0 Å². The first-order valence-corrected chi connectivity index (χ1v) is 9.46. The summed E-state index contributed by atoms with van der Waals surface area (Å²) < 4.78 is 22.8. The molecule has 1 aromatic carbocycles. The number of ether oxygens (including phenoxy) is 4. The third kappa shape index (κ3) is 3.47. The lowest BCUT2D eigenvalue weighted by Crippen LogP contribution is -2.42. The number of carbonyl (C=O) groups excluding carboxylic acids is 1. The lowest BCUT2D eigenvalue weighted by atomic mass is 9.97. The minimum atomic E-state index is -0.503. The van der Waals surface area contributed by atoms with Crippen LogP contribution in [-0.4, -0.2) is 36.0 Å². The molecule has 26 heavy (non-hydrogen) atoms. The molecule has 6 heteroatoms. The molecular formula is C20H29NO5. The van der Waals surface area contributed by atoms with Crippen LogP contribution >= 0.6 is 0 Å². The van der Waals surface area contributed by atoms with E-state index in [0.717, 1.165) is 35.5 Å². The Balaban J connectivity index is 0.000000948. The van der Waals surface area contributed by atoms with Gasteiger partial charge in [-0.25, -0.2) is 4.79 Å². The third-order valence-corrected chi connectivity index (χ3v) is 4.65. The van der Waals surface area contributed by atoms with Crippen molar-refractivity contribution in [2.75, 3.05) is 13.3 Å². The van der Waals surface area contributed by atoms with E-state index in [4.69, 9.17) is 18.9 Å². The molecule has 3 heterocycles. The summed E-state index contributed by atoms with van der Waals surface area (Å²) in [4.78, 5) is 14.4. The molecule has 1 saturated heterocycles. The van der Waals surface area contributed by atoms with Gasteiger partial charge in [0.25, 0.3) is 0 Å². The van der Waals surface area contributed by atoms with Crippen molar-refractivity contribution >= 4 is 6.09 Å². The Hall–Kier alpha value is -1.95. The zero-order valence-corrected chi connectivity index (χ0v) is 16.3. The van der Waals surface area contributed by atoms with Crippen LogP contribution in [0.1, 0.15) is 64.7 Å². The van der Waals surface area contributed by atoms with Crippen molar-refractivity contribution in [3.05, 3.63) is 23.3 Å². The highest BCUT2D eigenvalue weighted by molar-refractivity contribution is 5.69. The Bertz CT molecular complexity index is 667. The first-order chi connectivity index (χ1) is 12.4. The first kappa shape index (κ1) is 18.8. The Labute approximate surface area is 155 Å². The van der Waals surface area contributed by atoms with E-state index in [-0.39, 0.29) is 25.0 Å². The minimum Gasteiger partial charge on any atom is -0.454 e. The molecule has 1 amide bonds. The van der Waals surface area contributed by atoms with Crippen molar-refractivity contribution in [2.24, 2.45) is 0 Å². The second kappa shape index (κ2) is 7.35. The summed E-state index contributed by atoms with van der Waals surface area (Å²) >= 11 is 0. The largest absolute Gasteiger partial charge is 0.454 e. The van der Waals surface area contributed by atoms with Crippen molar-refractivity contribution in [3.63, 3.8) is 0 Å². The van der Waals surface area contributed by atoms with Crippen molar-refractivity contribution in [3.8, 4) is 11.5 Å².